The van der Waals surface area contributed by atoms with Gasteiger partial charge < -0.3 is 15.8 Å². The zero-order valence-corrected chi connectivity index (χ0v) is 10.7. The maximum absolute atomic E-state index is 13.7. The smallest absolute Gasteiger partial charge is 0.146 e. The average molecular weight is 240 g/mol. The lowest BCUT2D eigenvalue weighted by Gasteiger charge is -2.32. The van der Waals surface area contributed by atoms with Gasteiger partial charge in [0.25, 0.3) is 0 Å². The number of benzene rings is 1. The fraction of sp³-hybridized carbons (Fsp3) is 0.538. The largest absolute Gasteiger partial charge is 0.497 e. The molecule has 3 N–H and O–H groups in total. The summed E-state index contributed by atoms with van der Waals surface area (Å²) >= 11 is 0. The average Bonchev–Trinajstić information content (AvgIpc) is 2.38. The van der Waals surface area contributed by atoms with Gasteiger partial charge in [0, 0.05) is 18.2 Å². The topological polar surface area (TPSA) is 47.3 Å². The Hall–Kier alpha value is -1.29. The molecule has 0 fully saturated rings. The van der Waals surface area contributed by atoms with Crippen molar-refractivity contribution in [2.75, 3.05) is 19.0 Å². The fourth-order valence-corrected chi connectivity index (χ4v) is 1.78. The molecule has 0 atom stereocenters. The van der Waals surface area contributed by atoms with E-state index in [1.54, 1.807) is 19.2 Å². The standard InChI is InChI=1S/C13H21FN2O/c1-4-13(5-2,9-15)16-12-8-10(17-3)6-7-11(12)14/h6-8,16H,4-5,9,15H2,1-3H3. The molecular formula is C13H21FN2O. The number of rotatable bonds is 6. The quantitative estimate of drug-likeness (QED) is 0.803. The third-order valence-corrected chi connectivity index (χ3v) is 3.32. The number of anilines is 1. The Kier molecular flexibility index (Phi) is 4.75. The number of hydrogen-bond donors (Lipinski definition) is 2. The van der Waals surface area contributed by atoms with Crippen molar-refractivity contribution in [3.05, 3.63) is 24.0 Å². The van der Waals surface area contributed by atoms with E-state index in [9.17, 15) is 4.39 Å². The SMILES string of the molecule is CCC(CC)(CN)Nc1cc(OC)ccc1F. The highest BCUT2D eigenvalue weighted by Crippen LogP contribution is 2.26. The Morgan fingerprint density at radius 2 is 2.00 bits per heavy atom. The van der Waals surface area contributed by atoms with E-state index in [1.165, 1.54) is 6.07 Å². The molecule has 1 aromatic carbocycles. The van der Waals surface area contributed by atoms with Crippen molar-refractivity contribution in [1.29, 1.82) is 0 Å². The first-order valence-corrected chi connectivity index (χ1v) is 5.92. The van der Waals surface area contributed by atoms with E-state index in [0.717, 1.165) is 12.8 Å². The molecule has 0 spiro atoms. The van der Waals surface area contributed by atoms with Crippen LogP contribution in [0.2, 0.25) is 0 Å². The van der Waals surface area contributed by atoms with Crippen LogP contribution in [0.1, 0.15) is 26.7 Å². The second kappa shape index (κ2) is 5.87. The van der Waals surface area contributed by atoms with Gasteiger partial charge in [-0.3, -0.25) is 0 Å². The molecule has 0 bridgehead atoms. The summed E-state index contributed by atoms with van der Waals surface area (Å²) in [6.07, 6.45) is 1.69. The van der Waals surface area contributed by atoms with Gasteiger partial charge >= 0.3 is 0 Å². The highest BCUT2D eigenvalue weighted by molar-refractivity contribution is 5.51. The Morgan fingerprint density at radius 1 is 1.35 bits per heavy atom. The molecule has 96 valence electrons. The summed E-state index contributed by atoms with van der Waals surface area (Å²) in [5.74, 6) is 0.345. The van der Waals surface area contributed by atoms with Gasteiger partial charge in [-0.15, -0.1) is 0 Å². The summed E-state index contributed by atoms with van der Waals surface area (Å²) in [4.78, 5) is 0. The third kappa shape index (κ3) is 3.09. The molecule has 0 saturated carbocycles. The second-order valence-corrected chi connectivity index (χ2v) is 4.16. The van der Waals surface area contributed by atoms with Crippen LogP contribution < -0.4 is 15.8 Å². The molecule has 1 aromatic rings. The van der Waals surface area contributed by atoms with E-state index in [-0.39, 0.29) is 11.4 Å². The van der Waals surface area contributed by atoms with Crippen molar-refractivity contribution < 1.29 is 9.13 Å². The first kappa shape index (κ1) is 13.8. The van der Waals surface area contributed by atoms with Gasteiger partial charge in [-0.25, -0.2) is 4.39 Å². The van der Waals surface area contributed by atoms with E-state index < -0.39 is 0 Å². The van der Waals surface area contributed by atoms with Crippen LogP contribution >= 0.6 is 0 Å². The summed E-state index contributed by atoms with van der Waals surface area (Å²) in [5, 5.41) is 3.20. The molecular weight excluding hydrogens is 219 g/mol. The summed E-state index contributed by atoms with van der Waals surface area (Å²) in [6, 6.07) is 4.65. The van der Waals surface area contributed by atoms with Gasteiger partial charge in [0.2, 0.25) is 0 Å². The third-order valence-electron chi connectivity index (χ3n) is 3.32. The van der Waals surface area contributed by atoms with Crippen molar-refractivity contribution in [3.63, 3.8) is 0 Å². The first-order valence-electron chi connectivity index (χ1n) is 5.92. The van der Waals surface area contributed by atoms with Crippen LogP contribution in [0.3, 0.4) is 0 Å². The van der Waals surface area contributed by atoms with Gasteiger partial charge in [-0.2, -0.15) is 0 Å². The van der Waals surface area contributed by atoms with E-state index in [4.69, 9.17) is 10.5 Å². The molecule has 0 radical (unpaired) electrons. The lowest BCUT2D eigenvalue weighted by atomic mass is 9.92. The lowest BCUT2D eigenvalue weighted by Crippen LogP contribution is -2.44. The van der Waals surface area contributed by atoms with Crippen molar-refractivity contribution in [1.82, 2.24) is 0 Å². The number of nitrogens with one attached hydrogen (secondary N) is 1. The second-order valence-electron chi connectivity index (χ2n) is 4.16. The Morgan fingerprint density at radius 3 is 2.47 bits per heavy atom. The molecule has 0 aliphatic rings. The molecule has 0 saturated heterocycles. The lowest BCUT2D eigenvalue weighted by molar-refractivity contribution is 0.412. The van der Waals surface area contributed by atoms with Gasteiger partial charge in [0.05, 0.1) is 12.8 Å². The number of ether oxygens (including phenoxy) is 1. The van der Waals surface area contributed by atoms with Gasteiger partial charge in [-0.05, 0) is 25.0 Å². The van der Waals surface area contributed by atoms with Crippen LogP contribution in [-0.4, -0.2) is 19.2 Å². The number of nitrogens with two attached hydrogens (primary N) is 1. The van der Waals surface area contributed by atoms with Crippen LogP contribution in [-0.2, 0) is 0 Å². The van der Waals surface area contributed by atoms with Gasteiger partial charge in [0.15, 0.2) is 0 Å². The molecule has 4 heteroatoms. The number of halogens is 1. The summed E-state index contributed by atoms with van der Waals surface area (Å²) < 4.78 is 18.8. The summed E-state index contributed by atoms with van der Waals surface area (Å²) in [7, 11) is 1.56. The molecule has 1 rings (SSSR count). The molecule has 0 aromatic heterocycles. The predicted molar refractivity (Wildman–Crippen MR) is 68.9 cm³/mol. The fourth-order valence-electron chi connectivity index (χ4n) is 1.78. The molecule has 0 aliphatic heterocycles. The van der Waals surface area contributed by atoms with Crippen LogP contribution in [0.4, 0.5) is 10.1 Å². The molecule has 17 heavy (non-hydrogen) atoms. The number of hydrogen-bond acceptors (Lipinski definition) is 3. The van der Waals surface area contributed by atoms with Crippen LogP contribution in [0.25, 0.3) is 0 Å². The Labute approximate surface area is 102 Å². The summed E-state index contributed by atoms with van der Waals surface area (Å²) in [5.41, 5.74) is 5.97. The van der Waals surface area contributed by atoms with Gasteiger partial charge in [-0.1, -0.05) is 13.8 Å². The van der Waals surface area contributed by atoms with Crippen LogP contribution in [0, 0.1) is 5.82 Å². The first-order chi connectivity index (χ1) is 8.10. The summed E-state index contributed by atoms with van der Waals surface area (Å²) in [6.45, 7) is 4.56. The van der Waals surface area contributed by atoms with E-state index >= 15 is 0 Å². The molecule has 0 unspecified atom stereocenters. The van der Waals surface area contributed by atoms with Crippen molar-refractivity contribution >= 4 is 5.69 Å². The normalized spacial score (nSPS) is 11.4. The van der Waals surface area contributed by atoms with Crippen LogP contribution in [0.15, 0.2) is 18.2 Å². The monoisotopic (exact) mass is 240 g/mol. The maximum Gasteiger partial charge on any atom is 0.146 e. The van der Waals surface area contributed by atoms with Crippen molar-refractivity contribution in [2.45, 2.75) is 32.2 Å². The van der Waals surface area contributed by atoms with E-state index in [1.807, 2.05) is 13.8 Å². The minimum absolute atomic E-state index is 0.257. The molecule has 0 amide bonds. The highest BCUT2D eigenvalue weighted by atomic mass is 19.1. The zero-order chi connectivity index (χ0) is 12.9. The van der Waals surface area contributed by atoms with Crippen molar-refractivity contribution in [2.24, 2.45) is 5.73 Å². The maximum atomic E-state index is 13.7. The minimum atomic E-state index is -0.287. The minimum Gasteiger partial charge on any atom is -0.497 e. The van der Waals surface area contributed by atoms with E-state index in [2.05, 4.69) is 5.32 Å². The predicted octanol–water partition coefficient (Wildman–Crippen LogP) is 2.76. The number of methoxy groups -OCH3 is 1. The van der Waals surface area contributed by atoms with E-state index in [0.29, 0.717) is 18.0 Å². The molecule has 0 heterocycles. The molecule has 0 aliphatic carbocycles. The van der Waals surface area contributed by atoms with Crippen molar-refractivity contribution in [3.8, 4) is 5.75 Å². The highest BCUT2D eigenvalue weighted by Gasteiger charge is 2.25. The molecule has 3 nitrogen and oxygen atoms in total. The van der Waals surface area contributed by atoms with Crippen LogP contribution in [0.5, 0.6) is 5.75 Å². The van der Waals surface area contributed by atoms with Gasteiger partial charge in [0.1, 0.15) is 11.6 Å². The zero-order valence-electron chi connectivity index (χ0n) is 10.7. The Balaban J connectivity index is 2.99. The Bertz CT molecular complexity index is 356.